The van der Waals surface area contributed by atoms with Gasteiger partial charge < -0.3 is 20.4 Å². The van der Waals surface area contributed by atoms with Crippen LogP contribution < -0.4 is 0 Å². The van der Waals surface area contributed by atoms with Gasteiger partial charge in [-0.1, -0.05) is 24.3 Å². The summed E-state index contributed by atoms with van der Waals surface area (Å²) in [5, 5.41) is 31.6. The number of hydrogen-bond acceptors (Lipinski definition) is 4. The smallest absolute Gasteiger partial charge is 0.328 e. The Bertz CT molecular complexity index is 475. The zero-order chi connectivity index (χ0) is 17.4. The first kappa shape index (κ1) is 19.1. The molecule has 0 aromatic rings. The summed E-state index contributed by atoms with van der Waals surface area (Å²) in [6.45, 7) is 1.39. The van der Waals surface area contributed by atoms with E-state index in [0.29, 0.717) is 12.2 Å². The van der Waals surface area contributed by atoms with Crippen LogP contribution in [0.4, 0.5) is 0 Å². The highest BCUT2D eigenvalue weighted by Gasteiger charge is 2.44. The van der Waals surface area contributed by atoms with Gasteiger partial charge in [-0.3, -0.25) is 0 Å². The molecule has 0 radical (unpaired) electrons. The van der Waals surface area contributed by atoms with E-state index in [-0.39, 0.29) is 6.61 Å². The van der Waals surface area contributed by atoms with Gasteiger partial charge in [0.05, 0.1) is 12.7 Å². The Morgan fingerprint density at radius 1 is 1.13 bits per heavy atom. The van der Waals surface area contributed by atoms with Crippen molar-refractivity contribution in [2.24, 2.45) is 23.7 Å². The third-order valence-electron chi connectivity index (χ3n) is 4.09. The zero-order valence-electron chi connectivity index (χ0n) is 13.1. The highest BCUT2D eigenvalue weighted by molar-refractivity contribution is 5.89. The minimum Gasteiger partial charge on any atom is -0.478 e. The van der Waals surface area contributed by atoms with Gasteiger partial charge >= 0.3 is 11.9 Å². The van der Waals surface area contributed by atoms with Crippen molar-refractivity contribution < 1.29 is 30.0 Å². The first-order chi connectivity index (χ1) is 10.8. The number of allylic oxidation sites excluding steroid dienone is 4. The number of fused-ring (bicyclic) bond motifs is 5. The van der Waals surface area contributed by atoms with Gasteiger partial charge in [0.1, 0.15) is 0 Å². The molecular weight excluding hydrogens is 300 g/mol. The van der Waals surface area contributed by atoms with E-state index in [1.165, 1.54) is 19.8 Å². The van der Waals surface area contributed by atoms with Crippen LogP contribution in [0.3, 0.4) is 0 Å². The van der Waals surface area contributed by atoms with Crippen LogP contribution in [-0.4, -0.2) is 45.1 Å². The van der Waals surface area contributed by atoms with Gasteiger partial charge in [0, 0.05) is 12.2 Å². The van der Waals surface area contributed by atoms with Gasteiger partial charge in [-0.2, -0.15) is 0 Å². The lowest BCUT2D eigenvalue weighted by Crippen LogP contribution is -2.12. The molecule has 0 spiro atoms. The Morgan fingerprint density at radius 2 is 1.65 bits per heavy atom. The molecule has 3 rings (SSSR count). The van der Waals surface area contributed by atoms with E-state index in [1.807, 2.05) is 0 Å². The van der Waals surface area contributed by atoms with Gasteiger partial charge in [0.15, 0.2) is 0 Å². The molecule has 0 aliphatic heterocycles. The van der Waals surface area contributed by atoms with Crippen LogP contribution in [0.5, 0.6) is 0 Å². The van der Waals surface area contributed by atoms with Crippen LogP contribution in [0, 0.1) is 23.7 Å². The average Bonchev–Trinajstić information content (AvgIpc) is 3.19. The van der Waals surface area contributed by atoms with E-state index < -0.39 is 18.0 Å². The van der Waals surface area contributed by atoms with E-state index >= 15 is 0 Å². The standard InChI is InChI=1S/C10H12.C4H4O4.C3H8O2/c1-2-9-7-4-5-8(6-7)10(9)3-1;5-3(6)1-2-4(7)8;1-3(5)2-4/h1-2,4-5,7-10H,3,6H2;1-2H,(H,5,6)(H,7,8);3-5H,2H2,1H3/b;2-1+;. The Hall–Kier alpha value is -1.92. The number of carbonyl (C=O) groups is 2. The number of aliphatic hydroxyl groups excluding tert-OH is 2. The first-order valence-electron chi connectivity index (χ1n) is 7.63. The Morgan fingerprint density at radius 3 is 2.09 bits per heavy atom. The maximum Gasteiger partial charge on any atom is 0.328 e. The lowest BCUT2D eigenvalue weighted by Gasteiger charge is -2.18. The summed E-state index contributed by atoms with van der Waals surface area (Å²) in [7, 11) is 0. The van der Waals surface area contributed by atoms with Crippen LogP contribution in [0.25, 0.3) is 0 Å². The average molecular weight is 324 g/mol. The molecule has 5 atom stereocenters. The summed E-state index contributed by atoms with van der Waals surface area (Å²) >= 11 is 0. The Labute approximate surface area is 135 Å². The topological polar surface area (TPSA) is 115 Å². The number of carboxylic acids is 2. The van der Waals surface area contributed by atoms with Crippen molar-refractivity contribution in [3.05, 3.63) is 36.5 Å². The van der Waals surface area contributed by atoms with Crippen LogP contribution >= 0.6 is 0 Å². The largest absolute Gasteiger partial charge is 0.478 e. The highest BCUT2D eigenvalue weighted by Crippen LogP contribution is 2.52. The molecule has 3 aliphatic carbocycles. The summed E-state index contributed by atoms with van der Waals surface area (Å²) < 4.78 is 0. The van der Waals surface area contributed by atoms with Crippen molar-refractivity contribution in [3.63, 3.8) is 0 Å². The summed E-state index contributed by atoms with van der Waals surface area (Å²) in [6, 6.07) is 0. The number of aliphatic carboxylic acids is 2. The van der Waals surface area contributed by atoms with E-state index in [1.54, 1.807) is 0 Å². The van der Waals surface area contributed by atoms with Crippen LogP contribution in [0.1, 0.15) is 19.8 Å². The monoisotopic (exact) mass is 324 g/mol. The minimum absolute atomic E-state index is 0.139. The number of hydrogen-bond donors (Lipinski definition) is 4. The second-order valence-corrected chi connectivity index (χ2v) is 5.89. The second-order valence-electron chi connectivity index (χ2n) is 5.89. The molecule has 6 heteroatoms. The predicted octanol–water partition coefficient (Wildman–Crippen LogP) is 1.46. The molecule has 5 unspecified atom stereocenters. The maximum atomic E-state index is 9.55. The van der Waals surface area contributed by atoms with E-state index in [0.717, 1.165) is 23.7 Å². The summed E-state index contributed by atoms with van der Waals surface area (Å²) in [4.78, 5) is 19.1. The Balaban J connectivity index is 0.000000185. The van der Waals surface area contributed by atoms with Crippen molar-refractivity contribution in [2.75, 3.05) is 6.61 Å². The third-order valence-corrected chi connectivity index (χ3v) is 4.09. The van der Waals surface area contributed by atoms with Gasteiger partial charge in [-0.25, -0.2) is 9.59 Å². The lowest BCUT2D eigenvalue weighted by atomic mass is 9.86. The molecule has 0 saturated heterocycles. The van der Waals surface area contributed by atoms with Crippen molar-refractivity contribution >= 4 is 11.9 Å². The molecule has 0 aromatic carbocycles. The molecule has 6 nitrogen and oxygen atoms in total. The van der Waals surface area contributed by atoms with Crippen molar-refractivity contribution in [2.45, 2.75) is 25.9 Å². The number of rotatable bonds is 3. The first-order valence-corrected chi connectivity index (χ1v) is 7.63. The normalized spacial score (nSPS) is 30.2. The van der Waals surface area contributed by atoms with Crippen molar-refractivity contribution in [1.29, 1.82) is 0 Å². The molecule has 2 bridgehead atoms. The summed E-state index contributed by atoms with van der Waals surface area (Å²) in [5.41, 5.74) is 0. The lowest BCUT2D eigenvalue weighted by molar-refractivity contribution is -0.134. The van der Waals surface area contributed by atoms with Gasteiger partial charge in [-0.15, -0.1) is 0 Å². The molecule has 4 N–H and O–H groups in total. The number of carboxylic acid groups (broad SMARTS) is 2. The molecule has 1 saturated carbocycles. The highest BCUT2D eigenvalue weighted by atomic mass is 16.4. The molecular formula is C17H24O6. The van der Waals surface area contributed by atoms with Crippen LogP contribution in [-0.2, 0) is 9.59 Å². The summed E-state index contributed by atoms with van der Waals surface area (Å²) in [5.74, 6) is 1.31. The van der Waals surface area contributed by atoms with E-state index in [9.17, 15) is 9.59 Å². The number of aliphatic hydroxyl groups is 2. The zero-order valence-corrected chi connectivity index (χ0v) is 13.1. The molecule has 0 aromatic heterocycles. The SMILES string of the molecule is C1=CC2C3C=CC(C3)C2C1.CC(O)CO.O=C(O)/C=C/C(=O)O. The molecule has 23 heavy (non-hydrogen) atoms. The van der Waals surface area contributed by atoms with Gasteiger partial charge in [0.25, 0.3) is 0 Å². The fourth-order valence-electron chi connectivity index (χ4n) is 3.12. The van der Waals surface area contributed by atoms with Gasteiger partial charge in [-0.05, 0) is 43.4 Å². The molecule has 0 amide bonds. The predicted molar refractivity (Wildman–Crippen MR) is 84.7 cm³/mol. The van der Waals surface area contributed by atoms with Crippen LogP contribution in [0.2, 0.25) is 0 Å². The van der Waals surface area contributed by atoms with Crippen LogP contribution in [0.15, 0.2) is 36.5 Å². The quantitative estimate of drug-likeness (QED) is 0.461. The molecule has 128 valence electrons. The van der Waals surface area contributed by atoms with Crippen molar-refractivity contribution in [3.8, 4) is 0 Å². The minimum atomic E-state index is -1.26. The fraction of sp³-hybridized carbons (Fsp3) is 0.529. The van der Waals surface area contributed by atoms with E-state index in [4.69, 9.17) is 20.4 Å². The fourth-order valence-corrected chi connectivity index (χ4v) is 3.12. The third kappa shape index (κ3) is 6.38. The summed E-state index contributed by atoms with van der Waals surface area (Å²) in [6.07, 6.45) is 13.1. The van der Waals surface area contributed by atoms with Gasteiger partial charge in [0.2, 0.25) is 0 Å². The van der Waals surface area contributed by atoms with E-state index in [2.05, 4.69) is 24.3 Å². The molecule has 3 aliphatic rings. The second kappa shape index (κ2) is 9.27. The maximum absolute atomic E-state index is 9.55. The van der Waals surface area contributed by atoms with Crippen molar-refractivity contribution in [1.82, 2.24) is 0 Å². The molecule has 1 fully saturated rings. The Kier molecular flexibility index (Phi) is 7.71. The molecule has 0 heterocycles.